The second-order valence-electron chi connectivity index (χ2n) is 4.98. The van der Waals surface area contributed by atoms with Crippen molar-refractivity contribution in [3.63, 3.8) is 0 Å². The zero-order valence-corrected chi connectivity index (χ0v) is 11.0. The molecule has 1 amide bonds. The van der Waals surface area contributed by atoms with Crippen molar-refractivity contribution in [2.24, 2.45) is 5.73 Å². The van der Waals surface area contributed by atoms with Crippen molar-refractivity contribution in [2.45, 2.75) is 24.4 Å². The number of carbonyl (C=O) groups excluding carboxylic acids is 1. The number of carboxylic acids is 1. The Hall–Kier alpha value is -1.92. The monoisotopic (exact) mass is 278 g/mol. The highest BCUT2D eigenvalue weighted by Crippen LogP contribution is 2.19. The predicted octanol–water partition coefficient (Wildman–Crippen LogP) is -0.0837. The molecule has 1 aliphatic rings. The number of aliphatic carboxylic acids is 1. The van der Waals surface area contributed by atoms with Crippen LogP contribution in [0.3, 0.4) is 0 Å². The van der Waals surface area contributed by atoms with Crippen LogP contribution in [0.1, 0.15) is 12.0 Å². The van der Waals surface area contributed by atoms with Crippen LogP contribution in [0.25, 0.3) is 0 Å². The van der Waals surface area contributed by atoms with Crippen molar-refractivity contribution < 1.29 is 19.4 Å². The number of ether oxygens (including phenoxy) is 1. The molecular formula is C14H18N2O4. The van der Waals surface area contributed by atoms with E-state index in [1.807, 2.05) is 30.3 Å². The molecule has 0 radical (unpaired) electrons. The molecule has 1 aromatic rings. The third kappa shape index (κ3) is 3.15. The van der Waals surface area contributed by atoms with E-state index in [1.54, 1.807) is 0 Å². The van der Waals surface area contributed by atoms with Gasteiger partial charge < -0.3 is 20.9 Å². The van der Waals surface area contributed by atoms with E-state index < -0.39 is 23.5 Å². The first-order chi connectivity index (χ1) is 9.53. The van der Waals surface area contributed by atoms with Crippen molar-refractivity contribution in [3.8, 4) is 0 Å². The topological polar surface area (TPSA) is 102 Å². The fourth-order valence-corrected chi connectivity index (χ4v) is 2.17. The third-order valence-electron chi connectivity index (χ3n) is 3.43. The molecular weight excluding hydrogens is 260 g/mol. The quantitative estimate of drug-likeness (QED) is 0.699. The van der Waals surface area contributed by atoms with Gasteiger partial charge in [0.05, 0.1) is 12.6 Å². The van der Waals surface area contributed by atoms with Crippen LogP contribution in [-0.4, -0.2) is 41.8 Å². The van der Waals surface area contributed by atoms with E-state index in [1.165, 1.54) is 0 Å². The SMILES string of the molecule is N[C@@H](Cc1ccccc1)C(=O)NC1(C(=O)O)CCOC1. The minimum absolute atomic E-state index is 0.0217. The molecule has 0 aliphatic carbocycles. The van der Waals surface area contributed by atoms with Crippen molar-refractivity contribution in [3.05, 3.63) is 35.9 Å². The molecule has 1 aliphatic heterocycles. The van der Waals surface area contributed by atoms with E-state index in [-0.39, 0.29) is 13.0 Å². The zero-order chi connectivity index (χ0) is 14.6. The van der Waals surface area contributed by atoms with Gasteiger partial charge in [-0.05, 0) is 12.0 Å². The summed E-state index contributed by atoms with van der Waals surface area (Å²) < 4.78 is 5.08. The maximum Gasteiger partial charge on any atom is 0.331 e. The van der Waals surface area contributed by atoms with Gasteiger partial charge >= 0.3 is 5.97 Å². The first-order valence-electron chi connectivity index (χ1n) is 6.46. The van der Waals surface area contributed by atoms with Gasteiger partial charge in [0, 0.05) is 13.0 Å². The summed E-state index contributed by atoms with van der Waals surface area (Å²) in [5, 5.41) is 11.8. The fourth-order valence-electron chi connectivity index (χ4n) is 2.17. The molecule has 6 heteroatoms. The summed E-state index contributed by atoms with van der Waals surface area (Å²) in [5.41, 5.74) is 5.43. The van der Waals surface area contributed by atoms with Crippen LogP contribution in [-0.2, 0) is 20.7 Å². The Labute approximate surface area is 116 Å². The van der Waals surface area contributed by atoms with E-state index in [0.717, 1.165) is 5.56 Å². The number of benzene rings is 1. The Morgan fingerprint density at radius 3 is 2.65 bits per heavy atom. The van der Waals surface area contributed by atoms with Gasteiger partial charge in [0.2, 0.25) is 5.91 Å². The van der Waals surface area contributed by atoms with Gasteiger partial charge in [-0.3, -0.25) is 4.79 Å². The number of hydrogen-bond acceptors (Lipinski definition) is 4. The lowest BCUT2D eigenvalue weighted by atomic mass is 9.97. The highest BCUT2D eigenvalue weighted by Gasteiger charge is 2.44. The molecule has 0 saturated carbocycles. The molecule has 2 atom stereocenters. The molecule has 1 unspecified atom stereocenters. The smallest absolute Gasteiger partial charge is 0.331 e. The Kier molecular flexibility index (Phi) is 4.36. The number of carboxylic acid groups (broad SMARTS) is 1. The number of nitrogens with two attached hydrogens (primary N) is 1. The number of carbonyl (C=O) groups is 2. The minimum atomic E-state index is -1.34. The summed E-state index contributed by atoms with van der Waals surface area (Å²) in [5.74, 6) is -1.56. The summed E-state index contributed by atoms with van der Waals surface area (Å²) in [6, 6.07) is 8.57. The molecule has 20 heavy (non-hydrogen) atoms. The predicted molar refractivity (Wildman–Crippen MR) is 72.1 cm³/mol. The van der Waals surface area contributed by atoms with Crippen molar-refractivity contribution in [1.82, 2.24) is 5.32 Å². The summed E-state index contributed by atoms with van der Waals surface area (Å²) in [6.07, 6.45) is 0.620. The van der Waals surface area contributed by atoms with Crippen LogP contribution >= 0.6 is 0 Å². The normalized spacial score (nSPS) is 23.2. The van der Waals surface area contributed by atoms with Crippen LogP contribution in [0.15, 0.2) is 30.3 Å². The minimum Gasteiger partial charge on any atom is -0.479 e. The maximum absolute atomic E-state index is 12.1. The van der Waals surface area contributed by atoms with E-state index in [4.69, 9.17) is 10.5 Å². The second-order valence-corrected chi connectivity index (χ2v) is 4.98. The molecule has 0 aromatic heterocycles. The van der Waals surface area contributed by atoms with Crippen LogP contribution < -0.4 is 11.1 Å². The Balaban J connectivity index is 1.98. The average molecular weight is 278 g/mol. The van der Waals surface area contributed by atoms with Crippen molar-refractivity contribution in [1.29, 1.82) is 0 Å². The zero-order valence-electron chi connectivity index (χ0n) is 11.0. The number of hydrogen-bond donors (Lipinski definition) is 3. The molecule has 1 saturated heterocycles. The summed E-state index contributed by atoms with van der Waals surface area (Å²) >= 11 is 0. The van der Waals surface area contributed by atoms with Gasteiger partial charge in [0.15, 0.2) is 5.54 Å². The summed E-state index contributed by atoms with van der Waals surface area (Å²) in [6.45, 7) is 0.298. The largest absolute Gasteiger partial charge is 0.479 e. The molecule has 108 valence electrons. The van der Waals surface area contributed by atoms with Gasteiger partial charge in [-0.1, -0.05) is 30.3 Å². The maximum atomic E-state index is 12.1. The van der Waals surface area contributed by atoms with E-state index in [0.29, 0.717) is 13.0 Å². The van der Waals surface area contributed by atoms with Crippen molar-refractivity contribution in [2.75, 3.05) is 13.2 Å². The van der Waals surface area contributed by atoms with Gasteiger partial charge in [0.1, 0.15) is 0 Å². The molecule has 1 heterocycles. The first kappa shape index (κ1) is 14.5. The van der Waals surface area contributed by atoms with Gasteiger partial charge in [-0.2, -0.15) is 0 Å². The van der Waals surface area contributed by atoms with Gasteiger partial charge in [0.25, 0.3) is 0 Å². The number of amides is 1. The average Bonchev–Trinajstić information content (AvgIpc) is 2.89. The summed E-state index contributed by atoms with van der Waals surface area (Å²) in [7, 11) is 0. The standard InChI is InChI=1S/C14H18N2O4/c15-11(8-10-4-2-1-3-5-10)12(17)16-14(13(18)19)6-7-20-9-14/h1-5,11H,6-9,15H2,(H,16,17)(H,18,19)/t11-,14?/m0/s1. The number of rotatable bonds is 5. The van der Waals surface area contributed by atoms with Crippen molar-refractivity contribution >= 4 is 11.9 Å². The first-order valence-corrected chi connectivity index (χ1v) is 6.46. The van der Waals surface area contributed by atoms with E-state index >= 15 is 0 Å². The van der Waals surface area contributed by atoms with Gasteiger partial charge in [-0.15, -0.1) is 0 Å². The molecule has 6 nitrogen and oxygen atoms in total. The highest BCUT2D eigenvalue weighted by atomic mass is 16.5. The second kappa shape index (κ2) is 6.02. The lowest BCUT2D eigenvalue weighted by Crippen LogP contribution is -2.59. The molecule has 2 rings (SSSR count). The third-order valence-corrected chi connectivity index (χ3v) is 3.43. The molecule has 1 aromatic carbocycles. The fraction of sp³-hybridized carbons (Fsp3) is 0.429. The Morgan fingerprint density at radius 1 is 1.40 bits per heavy atom. The Morgan fingerprint density at radius 2 is 2.10 bits per heavy atom. The van der Waals surface area contributed by atoms with E-state index in [2.05, 4.69) is 5.32 Å². The van der Waals surface area contributed by atoms with Crippen LogP contribution in [0, 0.1) is 0 Å². The molecule has 0 bridgehead atoms. The van der Waals surface area contributed by atoms with Crippen LogP contribution in [0.4, 0.5) is 0 Å². The van der Waals surface area contributed by atoms with Crippen LogP contribution in [0.2, 0.25) is 0 Å². The van der Waals surface area contributed by atoms with E-state index in [9.17, 15) is 14.7 Å². The Bertz CT molecular complexity index is 483. The lowest BCUT2D eigenvalue weighted by molar-refractivity contribution is -0.147. The van der Waals surface area contributed by atoms with Gasteiger partial charge in [-0.25, -0.2) is 4.79 Å². The molecule has 1 fully saturated rings. The molecule has 0 spiro atoms. The molecule has 4 N–H and O–H groups in total. The highest BCUT2D eigenvalue weighted by molar-refractivity contribution is 5.90. The van der Waals surface area contributed by atoms with Crippen LogP contribution in [0.5, 0.6) is 0 Å². The lowest BCUT2D eigenvalue weighted by Gasteiger charge is -2.25. The summed E-state index contributed by atoms with van der Waals surface area (Å²) in [4.78, 5) is 23.4. The number of nitrogens with one attached hydrogen (secondary N) is 1.